The monoisotopic (exact) mass is 252 g/mol. The van der Waals surface area contributed by atoms with Crippen LogP contribution in [0.15, 0.2) is 22.0 Å². The van der Waals surface area contributed by atoms with Crippen LogP contribution in [0.2, 0.25) is 0 Å². The highest BCUT2D eigenvalue weighted by Crippen LogP contribution is 2.16. The molecule has 0 saturated carbocycles. The van der Waals surface area contributed by atoms with Gasteiger partial charge in [0.2, 0.25) is 0 Å². The Labute approximate surface area is 88.5 Å². The first-order valence-corrected chi connectivity index (χ1v) is 5.84. The van der Waals surface area contributed by atoms with Gasteiger partial charge in [-0.2, -0.15) is 0 Å². The molecule has 0 fully saturated rings. The van der Waals surface area contributed by atoms with E-state index in [2.05, 4.69) is 0 Å². The van der Waals surface area contributed by atoms with Crippen LogP contribution in [0.1, 0.15) is 0 Å². The molecule has 0 radical (unpaired) electrons. The lowest BCUT2D eigenvalue weighted by Gasteiger charge is -2.00. The van der Waals surface area contributed by atoms with Crippen molar-refractivity contribution in [1.82, 2.24) is 4.57 Å². The van der Waals surface area contributed by atoms with E-state index in [0.717, 1.165) is 10.8 Å². The van der Waals surface area contributed by atoms with Gasteiger partial charge in [0.05, 0.1) is 4.92 Å². The average Bonchev–Trinajstić information content (AvgIpc) is 2.06. The van der Waals surface area contributed by atoms with E-state index in [4.69, 9.17) is 10.7 Å². The van der Waals surface area contributed by atoms with Crippen LogP contribution in [-0.2, 0) is 16.1 Å². The molecule has 1 heterocycles. The van der Waals surface area contributed by atoms with Gasteiger partial charge in [0.25, 0.3) is 9.05 Å². The zero-order valence-corrected chi connectivity index (χ0v) is 8.95. The Morgan fingerprint density at radius 1 is 1.53 bits per heavy atom. The van der Waals surface area contributed by atoms with Gasteiger partial charge >= 0.3 is 11.2 Å². The van der Waals surface area contributed by atoms with Crippen molar-refractivity contribution < 1.29 is 13.3 Å². The third-order valence-corrected chi connectivity index (χ3v) is 2.94. The molecule has 0 aliphatic rings. The summed E-state index contributed by atoms with van der Waals surface area (Å²) >= 11 is 0. The molecule has 7 nitrogen and oxygen atoms in total. The zero-order chi connectivity index (χ0) is 11.8. The third kappa shape index (κ3) is 2.34. The molecule has 0 N–H and O–H groups in total. The van der Waals surface area contributed by atoms with Crippen LogP contribution in [0, 0.1) is 10.1 Å². The first-order valence-electron chi connectivity index (χ1n) is 3.53. The van der Waals surface area contributed by atoms with E-state index in [1.165, 1.54) is 7.05 Å². The summed E-state index contributed by atoms with van der Waals surface area (Å²) in [6.07, 6.45) is 0.914. The highest BCUT2D eigenvalue weighted by atomic mass is 35.7. The Balaban J connectivity index is 3.65. The van der Waals surface area contributed by atoms with Crippen molar-refractivity contribution in [1.29, 1.82) is 0 Å². The zero-order valence-electron chi connectivity index (χ0n) is 7.38. The number of nitro groups is 1. The molecule has 0 saturated heterocycles. The van der Waals surface area contributed by atoms with Crippen LogP contribution in [0.3, 0.4) is 0 Å². The molecule has 0 atom stereocenters. The Bertz CT molecular complexity index is 576. The van der Waals surface area contributed by atoms with E-state index in [-0.39, 0.29) is 0 Å². The molecule has 0 aromatic carbocycles. The van der Waals surface area contributed by atoms with Crippen molar-refractivity contribution in [2.45, 2.75) is 4.90 Å². The maximum Gasteiger partial charge on any atom is 0.335 e. The van der Waals surface area contributed by atoms with Crippen molar-refractivity contribution >= 4 is 25.4 Å². The van der Waals surface area contributed by atoms with Crippen LogP contribution in [0.5, 0.6) is 0 Å². The molecular weight excluding hydrogens is 248 g/mol. The molecular formula is C6H5ClN2O5S. The van der Waals surface area contributed by atoms with Gasteiger partial charge in [-0.1, -0.05) is 0 Å². The van der Waals surface area contributed by atoms with Crippen molar-refractivity contribution in [2.75, 3.05) is 0 Å². The number of aryl methyl sites for hydroxylation is 1. The highest BCUT2D eigenvalue weighted by molar-refractivity contribution is 8.13. The normalized spacial score (nSPS) is 11.3. The number of aromatic nitrogens is 1. The first kappa shape index (κ1) is 11.7. The lowest BCUT2D eigenvalue weighted by Crippen LogP contribution is -2.20. The second-order valence-corrected chi connectivity index (χ2v) is 5.24. The van der Waals surface area contributed by atoms with Gasteiger partial charge < -0.3 is 4.57 Å². The minimum atomic E-state index is -4.09. The Hall–Kier alpha value is -1.41. The summed E-state index contributed by atoms with van der Waals surface area (Å²) in [5.41, 5.74) is -1.73. The van der Waals surface area contributed by atoms with E-state index in [1.807, 2.05) is 0 Å². The number of rotatable bonds is 2. The van der Waals surface area contributed by atoms with Crippen molar-refractivity contribution in [3.05, 3.63) is 32.7 Å². The van der Waals surface area contributed by atoms with Gasteiger partial charge in [0.1, 0.15) is 4.90 Å². The van der Waals surface area contributed by atoms with Crippen LogP contribution in [-0.4, -0.2) is 17.9 Å². The Morgan fingerprint density at radius 3 is 2.47 bits per heavy atom. The fourth-order valence-electron chi connectivity index (χ4n) is 0.928. The summed E-state index contributed by atoms with van der Waals surface area (Å²) in [6, 6.07) is 0.630. The molecule has 0 spiro atoms. The van der Waals surface area contributed by atoms with Gasteiger partial charge in [-0.15, -0.1) is 0 Å². The predicted molar refractivity (Wildman–Crippen MR) is 51.4 cm³/mol. The van der Waals surface area contributed by atoms with Gasteiger partial charge in [-0.3, -0.25) is 14.9 Å². The molecule has 1 aromatic rings. The summed E-state index contributed by atoms with van der Waals surface area (Å²) in [5.74, 6) is 0. The van der Waals surface area contributed by atoms with Gasteiger partial charge in [0.15, 0.2) is 0 Å². The smallest absolute Gasteiger partial charge is 0.311 e. The number of halogens is 1. The molecule has 1 aromatic heterocycles. The molecule has 0 bridgehead atoms. The van der Waals surface area contributed by atoms with Gasteiger partial charge in [-0.25, -0.2) is 8.42 Å². The lowest BCUT2D eigenvalue weighted by molar-refractivity contribution is -0.386. The average molecular weight is 253 g/mol. The van der Waals surface area contributed by atoms with Crippen LogP contribution in [0.25, 0.3) is 0 Å². The molecule has 0 unspecified atom stereocenters. The quantitative estimate of drug-likeness (QED) is 0.426. The second kappa shape index (κ2) is 3.63. The molecule has 9 heteroatoms. The maximum atomic E-state index is 11.2. The summed E-state index contributed by atoms with van der Waals surface area (Å²) in [4.78, 5) is 20.1. The van der Waals surface area contributed by atoms with Crippen molar-refractivity contribution in [3.8, 4) is 0 Å². The standard InChI is InChI=1S/C6H5ClN2O5S/c1-8-3-4(15(7,13)14)2-5(6(8)10)9(11)12/h2-3H,1H3. The van der Waals surface area contributed by atoms with E-state index in [1.54, 1.807) is 0 Å². The van der Waals surface area contributed by atoms with Crippen LogP contribution >= 0.6 is 10.7 Å². The largest absolute Gasteiger partial charge is 0.335 e. The summed E-state index contributed by atoms with van der Waals surface area (Å²) in [5, 5.41) is 10.4. The van der Waals surface area contributed by atoms with Crippen molar-refractivity contribution in [3.63, 3.8) is 0 Å². The fourth-order valence-corrected chi connectivity index (χ4v) is 1.72. The first-order chi connectivity index (χ1) is 6.73. The highest BCUT2D eigenvalue weighted by Gasteiger charge is 2.20. The van der Waals surface area contributed by atoms with Crippen LogP contribution in [0.4, 0.5) is 5.69 Å². The molecule has 0 aliphatic carbocycles. The summed E-state index contributed by atoms with van der Waals surface area (Å²) < 4.78 is 22.6. The minimum absolute atomic E-state index is 0.488. The molecule has 1 rings (SSSR count). The minimum Gasteiger partial charge on any atom is -0.311 e. The summed E-state index contributed by atoms with van der Waals surface area (Å²) in [6.45, 7) is 0. The molecule has 0 aliphatic heterocycles. The van der Waals surface area contributed by atoms with Crippen molar-refractivity contribution in [2.24, 2.45) is 7.05 Å². The van der Waals surface area contributed by atoms with Gasteiger partial charge in [-0.05, 0) is 0 Å². The maximum absolute atomic E-state index is 11.2. The second-order valence-electron chi connectivity index (χ2n) is 2.67. The number of hydrogen-bond acceptors (Lipinski definition) is 5. The van der Waals surface area contributed by atoms with E-state index in [9.17, 15) is 23.3 Å². The molecule has 0 amide bonds. The molecule has 82 valence electrons. The van der Waals surface area contributed by atoms with Crippen LogP contribution < -0.4 is 5.56 Å². The fraction of sp³-hybridized carbons (Fsp3) is 0.167. The number of hydrogen-bond donors (Lipinski definition) is 0. The summed E-state index contributed by atoms with van der Waals surface area (Å²) in [7, 11) is 2.10. The lowest BCUT2D eigenvalue weighted by atomic mass is 10.4. The molecule has 15 heavy (non-hydrogen) atoms. The topological polar surface area (TPSA) is 99.3 Å². The van der Waals surface area contributed by atoms with E-state index < -0.39 is 30.1 Å². The Morgan fingerprint density at radius 2 is 2.07 bits per heavy atom. The number of nitrogens with zero attached hydrogens (tertiary/aromatic N) is 2. The third-order valence-electron chi connectivity index (χ3n) is 1.62. The van der Waals surface area contributed by atoms with Gasteiger partial charge in [0, 0.05) is 30.0 Å². The van der Waals surface area contributed by atoms with E-state index in [0.29, 0.717) is 6.07 Å². The SMILES string of the molecule is Cn1cc(S(=O)(=O)Cl)cc([N+](=O)[O-])c1=O. The number of pyridine rings is 1. The predicted octanol–water partition coefficient (Wildman–Crippen LogP) is 0.221. The van der Waals surface area contributed by atoms with E-state index >= 15 is 0 Å². The Kier molecular flexibility index (Phi) is 2.82.